The summed E-state index contributed by atoms with van der Waals surface area (Å²) in [5, 5.41) is 11.2. The number of carbonyl (C=O) groups is 1. The zero-order chi connectivity index (χ0) is 21.7. The van der Waals surface area contributed by atoms with Crippen molar-refractivity contribution < 1.29 is 18.1 Å². The quantitative estimate of drug-likeness (QED) is 0.489. The molecule has 1 aliphatic rings. The van der Waals surface area contributed by atoms with Gasteiger partial charge in [-0.2, -0.15) is 4.31 Å². The molecule has 0 aromatic heterocycles. The van der Waals surface area contributed by atoms with Gasteiger partial charge in [-0.25, -0.2) is 8.42 Å². The van der Waals surface area contributed by atoms with E-state index in [2.05, 4.69) is 0 Å². The van der Waals surface area contributed by atoms with Gasteiger partial charge < -0.3 is 9.80 Å². The van der Waals surface area contributed by atoms with E-state index >= 15 is 0 Å². The number of amides is 1. The lowest BCUT2D eigenvalue weighted by Crippen LogP contribution is -2.52. The lowest BCUT2D eigenvalue weighted by Gasteiger charge is -2.35. The van der Waals surface area contributed by atoms with Crippen molar-refractivity contribution in [2.45, 2.75) is 11.8 Å². The normalized spacial score (nSPS) is 15.0. The van der Waals surface area contributed by atoms with Crippen LogP contribution < -0.4 is 4.90 Å². The smallest absolute Gasteiger partial charge is 0.289 e. The van der Waals surface area contributed by atoms with Crippen LogP contribution in [0.4, 0.5) is 11.4 Å². The molecule has 0 radical (unpaired) electrons. The van der Waals surface area contributed by atoms with E-state index in [9.17, 15) is 23.3 Å². The minimum Gasteiger partial charge on any atom is -0.362 e. The molecule has 2 aromatic carbocycles. The van der Waals surface area contributed by atoms with Crippen LogP contribution in [0.15, 0.2) is 59.5 Å². The zero-order valence-corrected chi connectivity index (χ0v) is 17.5. The van der Waals surface area contributed by atoms with Crippen LogP contribution in [-0.2, 0) is 14.8 Å². The van der Waals surface area contributed by atoms with Crippen LogP contribution in [0.1, 0.15) is 6.92 Å². The Bertz CT molecular complexity index is 1000. The van der Waals surface area contributed by atoms with Gasteiger partial charge in [0.2, 0.25) is 15.9 Å². The summed E-state index contributed by atoms with van der Waals surface area (Å²) < 4.78 is 27.0. The molecule has 0 spiro atoms. The van der Waals surface area contributed by atoms with E-state index in [-0.39, 0.29) is 43.5 Å². The number of rotatable bonds is 7. The van der Waals surface area contributed by atoms with Gasteiger partial charge in [0.25, 0.3) is 5.69 Å². The summed E-state index contributed by atoms with van der Waals surface area (Å²) in [7, 11) is -4.01. The van der Waals surface area contributed by atoms with Crippen molar-refractivity contribution >= 4 is 27.3 Å². The average Bonchev–Trinajstić information content (AvgIpc) is 2.78. The Morgan fingerprint density at radius 2 is 1.63 bits per heavy atom. The predicted octanol–water partition coefficient (Wildman–Crippen LogP) is 1.95. The minimum atomic E-state index is -4.01. The highest BCUT2D eigenvalue weighted by Crippen LogP contribution is 2.27. The van der Waals surface area contributed by atoms with Crippen LogP contribution in [0.5, 0.6) is 0 Å². The number of benzene rings is 2. The van der Waals surface area contributed by atoms with Crippen molar-refractivity contribution in [2.75, 3.05) is 44.2 Å². The molecular formula is C20H24N4O5S. The summed E-state index contributed by atoms with van der Waals surface area (Å²) in [5.41, 5.74) is 0.503. The van der Waals surface area contributed by atoms with Crippen LogP contribution in [0.2, 0.25) is 0 Å². The molecule has 9 nitrogen and oxygen atoms in total. The van der Waals surface area contributed by atoms with Crippen molar-refractivity contribution in [3.63, 3.8) is 0 Å². The van der Waals surface area contributed by atoms with E-state index in [4.69, 9.17) is 0 Å². The van der Waals surface area contributed by atoms with Crippen LogP contribution in [0.3, 0.4) is 0 Å². The van der Waals surface area contributed by atoms with Gasteiger partial charge >= 0.3 is 0 Å². The van der Waals surface area contributed by atoms with Crippen molar-refractivity contribution in [1.29, 1.82) is 0 Å². The van der Waals surface area contributed by atoms with Crippen molar-refractivity contribution in [3.8, 4) is 0 Å². The van der Waals surface area contributed by atoms with Crippen molar-refractivity contribution in [3.05, 3.63) is 64.7 Å². The lowest BCUT2D eigenvalue weighted by molar-refractivity contribution is -0.387. The number of carbonyl (C=O) groups excluding carboxylic acids is 1. The number of hydrogen-bond donors (Lipinski definition) is 0. The van der Waals surface area contributed by atoms with Gasteiger partial charge in [-0.3, -0.25) is 14.9 Å². The van der Waals surface area contributed by atoms with Gasteiger partial charge in [-0.15, -0.1) is 0 Å². The molecule has 3 rings (SSSR count). The lowest BCUT2D eigenvalue weighted by atomic mass is 10.2. The summed E-state index contributed by atoms with van der Waals surface area (Å²) in [4.78, 5) is 26.5. The fourth-order valence-corrected chi connectivity index (χ4v) is 5.01. The molecule has 10 heteroatoms. The molecule has 2 aromatic rings. The summed E-state index contributed by atoms with van der Waals surface area (Å²) in [6.07, 6.45) is 0. The SMILES string of the molecule is CCN(CC(=O)N1CCN(S(=O)(=O)c2ccccc2[N+](=O)[O-])CC1)c1ccccc1. The van der Waals surface area contributed by atoms with Gasteiger partial charge in [0.15, 0.2) is 4.90 Å². The fraction of sp³-hybridized carbons (Fsp3) is 0.350. The molecule has 1 saturated heterocycles. The molecule has 0 saturated carbocycles. The second kappa shape index (κ2) is 9.23. The minimum absolute atomic E-state index is 0.0801. The van der Waals surface area contributed by atoms with Crippen LogP contribution >= 0.6 is 0 Å². The molecule has 0 unspecified atom stereocenters. The monoisotopic (exact) mass is 432 g/mol. The first kappa shape index (κ1) is 21.7. The predicted molar refractivity (Wildman–Crippen MR) is 113 cm³/mol. The molecule has 0 atom stereocenters. The molecule has 160 valence electrons. The highest BCUT2D eigenvalue weighted by Gasteiger charge is 2.34. The Morgan fingerprint density at radius 3 is 2.23 bits per heavy atom. The molecule has 1 aliphatic heterocycles. The second-order valence-electron chi connectivity index (χ2n) is 6.86. The third-order valence-electron chi connectivity index (χ3n) is 5.10. The van der Waals surface area contributed by atoms with Gasteiger partial charge in [-0.05, 0) is 25.1 Å². The molecule has 0 aliphatic carbocycles. The van der Waals surface area contributed by atoms with Crippen molar-refractivity contribution in [2.24, 2.45) is 0 Å². The number of nitrogens with zero attached hydrogens (tertiary/aromatic N) is 4. The first-order chi connectivity index (χ1) is 14.3. The number of anilines is 1. The van der Waals surface area contributed by atoms with Gasteiger partial charge in [0, 0.05) is 44.5 Å². The van der Waals surface area contributed by atoms with Crippen LogP contribution in [-0.4, -0.2) is 67.7 Å². The van der Waals surface area contributed by atoms with Gasteiger partial charge in [-0.1, -0.05) is 30.3 Å². The van der Waals surface area contributed by atoms with E-state index in [1.165, 1.54) is 28.6 Å². The summed E-state index contributed by atoms with van der Waals surface area (Å²) in [5.74, 6) is -0.0801. The van der Waals surface area contributed by atoms with E-state index in [1.54, 1.807) is 4.90 Å². The number of likely N-dealkylation sites (N-methyl/N-ethyl adjacent to an activating group) is 1. The summed E-state index contributed by atoms with van der Waals surface area (Å²) in [6.45, 7) is 3.52. The number of piperazine rings is 1. The maximum atomic E-state index is 12.9. The molecule has 1 heterocycles. The highest BCUT2D eigenvalue weighted by molar-refractivity contribution is 7.89. The zero-order valence-electron chi connectivity index (χ0n) is 16.7. The summed E-state index contributed by atoms with van der Waals surface area (Å²) >= 11 is 0. The topological polar surface area (TPSA) is 104 Å². The Balaban J connectivity index is 1.66. The molecular weight excluding hydrogens is 408 g/mol. The first-order valence-electron chi connectivity index (χ1n) is 9.66. The molecule has 1 amide bonds. The number of sulfonamides is 1. The Labute approximate surface area is 175 Å². The maximum Gasteiger partial charge on any atom is 0.289 e. The van der Waals surface area contributed by atoms with Gasteiger partial charge in [0.05, 0.1) is 11.5 Å². The van der Waals surface area contributed by atoms with Gasteiger partial charge in [0.1, 0.15) is 0 Å². The number of nitro groups is 1. The third-order valence-corrected chi connectivity index (χ3v) is 7.05. The molecule has 0 N–H and O–H groups in total. The van der Waals surface area contributed by atoms with Crippen LogP contribution in [0, 0.1) is 10.1 Å². The number of nitro benzene ring substituents is 1. The Kier molecular flexibility index (Phi) is 6.68. The number of para-hydroxylation sites is 2. The standard InChI is InChI=1S/C20H24N4O5S/c1-2-21(17-8-4-3-5-9-17)16-20(25)22-12-14-23(15-13-22)30(28,29)19-11-7-6-10-18(19)24(26)27/h3-11H,2,12-16H2,1H3. The Morgan fingerprint density at radius 1 is 1.03 bits per heavy atom. The Hall–Kier alpha value is -2.98. The summed E-state index contributed by atoms with van der Waals surface area (Å²) in [6, 6.07) is 14.9. The largest absolute Gasteiger partial charge is 0.362 e. The van der Waals surface area contributed by atoms with Crippen molar-refractivity contribution in [1.82, 2.24) is 9.21 Å². The molecule has 1 fully saturated rings. The molecule has 0 bridgehead atoms. The highest BCUT2D eigenvalue weighted by atomic mass is 32.2. The number of hydrogen-bond acceptors (Lipinski definition) is 6. The fourth-order valence-electron chi connectivity index (χ4n) is 3.43. The second-order valence-corrected chi connectivity index (χ2v) is 8.77. The third kappa shape index (κ3) is 4.60. The van der Waals surface area contributed by atoms with E-state index < -0.39 is 20.6 Å². The van der Waals surface area contributed by atoms with E-state index in [0.29, 0.717) is 6.54 Å². The van der Waals surface area contributed by atoms with Crippen LogP contribution in [0.25, 0.3) is 0 Å². The van der Waals surface area contributed by atoms with E-state index in [1.807, 2.05) is 42.2 Å². The average molecular weight is 433 g/mol. The molecule has 30 heavy (non-hydrogen) atoms. The van der Waals surface area contributed by atoms with E-state index in [0.717, 1.165) is 5.69 Å². The first-order valence-corrected chi connectivity index (χ1v) is 11.1. The maximum absolute atomic E-state index is 12.9.